The lowest BCUT2D eigenvalue weighted by Gasteiger charge is -2.06. The SMILES string of the molecule is CC(C)=NSOC(=O)Nc1ccc(NC(=O)OSN=C(C)C)cc1. The van der Waals surface area contributed by atoms with Crippen LogP contribution in [0.15, 0.2) is 33.1 Å². The third-order valence-electron chi connectivity index (χ3n) is 2.04. The van der Waals surface area contributed by atoms with E-state index in [0.717, 1.165) is 11.4 Å². The highest BCUT2D eigenvalue weighted by Crippen LogP contribution is 2.16. The Labute approximate surface area is 149 Å². The van der Waals surface area contributed by atoms with Crippen molar-refractivity contribution in [3.05, 3.63) is 24.3 Å². The lowest BCUT2D eigenvalue weighted by atomic mass is 10.3. The van der Waals surface area contributed by atoms with E-state index in [-0.39, 0.29) is 0 Å². The van der Waals surface area contributed by atoms with Gasteiger partial charge in [0.1, 0.15) is 0 Å². The lowest BCUT2D eigenvalue weighted by Crippen LogP contribution is -2.11. The molecule has 0 spiro atoms. The van der Waals surface area contributed by atoms with Gasteiger partial charge in [-0.05, 0) is 52.0 Å². The van der Waals surface area contributed by atoms with Gasteiger partial charge in [0.25, 0.3) is 0 Å². The smallest absolute Gasteiger partial charge is 0.351 e. The molecule has 0 radical (unpaired) electrons. The molecule has 1 aromatic carbocycles. The minimum atomic E-state index is -0.644. The number of hydrogen-bond acceptors (Lipinski definition) is 8. The van der Waals surface area contributed by atoms with Crippen molar-refractivity contribution >= 4 is 59.4 Å². The number of carbonyl (C=O) groups is 2. The highest BCUT2D eigenvalue weighted by Gasteiger charge is 2.06. The van der Waals surface area contributed by atoms with Gasteiger partial charge in [0.2, 0.25) is 24.5 Å². The maximum atomic E-state index is 11.5. The first kappa shape index (κ1) is 19.8. The van der Waals surface area contributed by atoms with Crippen molar-refractivity contribution in [1.82, 2.24) is 0 Å². The third-order valence-corrected chi connectivity index (χ3v) is 3.37. The number of nitrogens with one attached hydrogen (secondary N) is 2. The maximum Gasteiger partial charge on any atom is 0.425 e. The zero-order valence-corrected chi connectivity index (χ0v) is 15.3. The minimum absolute atomic E-state index is 0.511. The van der Waals surface area contributed by atoms with Crippen LogP contribution >= 0.6 is 24.5 Å². The molecule has 0 aliphatic heterocycles. The summed E-state index contributed by atoms with van der Waals surface area (Å²) >= 11 is 1.40. The summed E-state index contributed by atoms with van der Waals surface area (Å²) in [5.41, 5.74) is 2.59. The molecule has 130 valence electrons. The van der Waals surface area contributed by atoms with Gasteiger partial charge in [-0.1, -0.05) is 0 Å². The Bertz CT molecular complexity index is 569. The number of carbonyl (C=O) groups excluding carboxylic acids is 2. The second kappa shape index (κ2) is 10.6. The fourth-order valence-electron chi connectivity index (χ4n) is 1.17. The largest absolute Gasteiger partial charge is 0.425 e. The first-order valence-corrected chi connectivity index (χ1v) is 8.18. The fourth-order valence-corrected chi connectivity index (χ4v) is 1.76. The highest BCUT2D eigenvalue weighted by atomic mass is 32.2. The van der Waals surface area contributed by atoms with Crippen molar-refractivity contribution in [3.8, 4) is 0 Å². The zero-order valence-electron chi connectivity index (χ0n) is 13.7. The van der Waals surface area contributed by atoms with Gasteiger partial charge < -0.3 is 8.37 Å². The molecule has 0 aliphatic rings. The molecule has 0 atom stereocenters. The molecule has 0 saturated carbocycles. The summed E-state index contributed by atoms with van der Waals surface area (Å²) in [7, 11) is 0. The van der Waals surface area contributed by atoms with E-state index in [1.807, 2.05) is 0 Å². The monoisotopic (exact) mass is 370 g/mol. The van der Waals surface area contributed by atoms with Crippen LogP contribution in [-0.2, 0) is 8.37 Å². The van der Waals surface area contributed by atoms with Crippen LogP contribution in [0, 0.1) is 0 Å². The highest BCUT2D eigenvalue weighted by molar-refractivity contribution is 7.94. The number of rotatable bonds is 6. The Balaban J connectivity index is 2.42. The normalized spacial score (nSPS) is 9.50. The summed E-state index contributed by atoms with van der Waals surface area (Å²) in [5, 5.41) is 5.05. The van der Waals surface area contributed by atoms with E-state index >= 15 is 0 Å². The molecule has 1 aromatic rings. The predicted octanol–water partition coefficient (Wildman–Crippen LogP) is 4.87. The van der Waals surface area contributed by atoms with Crippen LogP contribution in [0.1, 0.15) is 27.7 Å². The van der Waals surface area contributed by atoms with Gasteiger partial charge in [0, 0.05) is 22.8 Å². The van der Waals surface area contributed by atoms with Crippen LogP contribution in [0.25, 0.3) is 0 Å². The first-order chi connectivity index (χ1) is 11.4. The van der Waals surface area contributed by atoms with Crippen LogP contribution in [0.3, 0.4) is 0 Å². The Kier molecular flexibility index (Phi) is 8.72. The summed E-state index contributed by atoms with van der Waals surface area (Å²) in [4.78, 5) is 23.0. The van der Waals surface area contributed by atoms with E-state index in [4.69, 9.17) is 8.37 Å². The average molecular weight is 370 g/mol. The number of amides is 2. The van der Waals surface area contributed by atoms with Crippen LogP contribution in [0.2, 0.25) is 0 Å². The molecule has 0 fully saturated rings. The predicted molar refractivity (Wildman–Crippen MR) is 99.4 cm³/mol. The van der Waals surface area contributed by atoms with E-state index in [0.29, 0.717) is 35.8 Å². The molecule has 0 saturated heterocycles. The van der Waals surface area contributed by atoms with Gasteiger partial charge in [0.05, 0.1) is 0 Å². The number of hydrogen-bond donors (Lipinski definition) is 2. The average Bonchev–Trinajstić information content (AvgIpc) is 2.48. The molecular weight excluding hydrogens is 352 g/mol. The summed E-state index contributed by atoms with van der Waals surface area (Å²) in [6, 6.07) is 6.43. The molecule has 0 unspecified atom stereocenters. The fraction of sp³-hybridized carbons (Fsp3) is 0.286. The van der Waals surface area contributed by atoms with Gasteiger partial charge in [0.15, 0.2) is 0 Å². The molecule has 24 heavy (non-hydrogen) atoms. The molecule has 8 nitrogen and oxygen atoms in total. The zero-order chi connectivity index (χ0) is 17.9. The van der Waals surface area contributed by atoms with E-state index in [9.17, 15) is 9.59 Å². The second-order valence-electron chi connectivity index (χ2n) is 4.80. The van der Waals surface area contributed by atoms with Gasteiger partial charge in [-0.3, -0.25) is 10.6 Å². The first-order valence-electron chi connectivity index (χ1n) is 6.78. The molecule has 0 heterocycles. The molecule has 0 aromatic heterocycles. The van der Waals surface area contributed by atoms with Crippen molar-refractivity contribution in [1.29, 1.82) is 0 Å². The van der Waals surface area contributed by atoms with Gasteiger partial charge >= 0.3 is 12.2 Å². The topological polar surface area (TPSA) is 101 Å². The molecule has 10 heteroatoms. The van der Waals surface area contributed by atoms with E-state index < -0.39 is 12.2 Å². The molecule has 2 amide bonds. The minimum Gasteiger partial charge on any atom is -0.351 e. The van der Waals surface area contributed by atoms with Crippen molar-refractivity contribution in [2.75, 3.05) is 10.6 Å². The summed E-state index contributed by atoms with van der Waals surface area (Å²) in [5.74, 6) is 0. The van der Waals surface area contributed by atoms with Gasteiger partial charge in [-0.2, -0.15) is 8.80 Å². The van der Waals surface area contributed by atoms with Crippen molar-refractivity contribution < 1.29 is 18.0 Å². The standard InChI is InChI=1S/C14H18N4O4S2/c1-9(2)17-23-21-13(19)15-11-5-7-12(8-6-11)16-14(20)22-24-18-10(3)4/h5-8H,1-4H3,(H,15,19)(H,16,20). The van der Waals surface area contributed by atoms with Crippen LogP contribution in [-0.4, -0.2) is 23.6 Å². The number of anilines is 2. The molecular formula is C14H18N4O4S2. The van der Waals surface area contributed by atoms with Crippen molar-refractivity contribution in [2.24, 2.45) is 8.80 Å². The van der Waals surface area contributed by atoms with Crippen LogP contribution in [0.4, 0.5) is 21.0 Å². The third kappa shape index (κ3) is 9.06. The van der Waals surface area contributed by atoms with E-state index in [1.54, 1.807) is 52.0 Å². The summed E-state index contributed by atoms with van der Waals surface area (Å²) in [6.45, 7) is 7.16. The lowest BCUT2D eigenvalue weighted by molar-refractivity contribution is 0.221. The van der Waals surface area contributed by atoms with Gasteiger partial charge in [-0.25, -0.2) is 9.59 Å². The quantitative estimate of drug-likeness (QED) is 0.421. The van der Waals surface area contributed by atoms with Crippen molar-refractivity contribution in [2.45, 2.75) is 27.7 Å². The Morgan fingerprint density at radius 2 is 1.12 bits per heavy atom. The van der Waals surface area contributed by atoms with Crippen molar-refractivity contribution in [3.63, 3.8) is 0 Å². The second-order valence-corrected chi connectivity index (χ2v) is 5.79. The molecule has 0 aliphatic carbocycles. The summed E-state index contributed by atoms with van der Waals surface area (Å²) in [6.07, 6.45) is -1.29. The Morgan fingerprint density at radius 3 is 1.42 bits per heavy atom. The molecule has 2 N–H and O–H groups in total. The molecule has 0 bridgehead atoms. The Morgan fingerprint density at radius 1 is 0.792 bits per heavy atom. The van der Waals surface area contributed by atoms with E-state index in [1.165, 1.54) is 0 Å². The van der Waals surface area contributed by atoms with Crippen LogP contribution in [0.5, 0.6) is 0 Å². The number of benzene rings is 1. The number of nitrogens with zero attached hydrogens (tertiary/aromatic N) is 2. The maximum absolute atomic E-state index is 11.5. The Hall–Kier alpha value is -2.20. The van der Waals surface area contributed by atoms with Crippen LogP contribution < -0.4 is 10.6 Å². The summed E-state index contributed by atoms with van der Waals surface area (Å²) < 4.78 is 17.3. The van der Waals surface area contributed by atoms with E-state index in [2.05, 4.69) is 19.4 Å². The molecule has 1 rings (SSSR count). The van der Waals surface area contributed by atoms with Gasteiger partial charge in [-0.15, -0.1) is 0 Å².